The molecule has 0 bridgehead atoms. The van der Waals surface area contributed by atoms with Gasteiger partial charge in [0, 0.05) is 46.9 Å². The zero-order chi connectivity index (χ0) is 17.8. The zero-order valence-corrected chi connectivity index (χ0v) is 18.6. The summed E-state index contributed by atoms with van der Waals surface area (Å²) in [5.74, 6) is 0.294. The highest BCUT2D eigenvalue weighted by Crippen LogP contribution is 2.26. The molecule has 0 unspecified atom stereocenters. The molecule has 1 N–H and O–H groups in total. The van der Waals surface area contributed by atoms with E-state index in [1.165, 1.54) is 5.56 Å². The molecule has 0 radical (unpaired) electrons. The summed E-state index contributed by atoms with van der Waals surface area (Å²) in [7, 11) is 0. The number of hydrogen-bond acceptors (Lipinski definition) is 4. The van der Waals surface area contributed by atoms with Crippen LogP contribution in [0.2, 0.25) is 5.02 Å². The molecule has 3 rings (SSSR count). The van der Waals surface area contributed by atoms with Crippen LogP contribution in [-0.4, -0.2) is 47.4 Å². The summed E-state index contributed by atoms with van der Waals surface area (Å²) in [5, 5.41) is 17.6. The molecule has 4 nitrogen and oxygen atoms in total. The highest BCUT2D eigenvalue weighted by atomic mass is 127. The SMILES string of the molecule is Oc1c(I)cc(I)cc1/C=N\N1CCN(Cc2ccccc2Cl)CC1. The van der Waals surface area contributed by atoms with Crippen molar-refractivity contribution in [1.29, 1.82) is 0 Å². The molecule has 0 amide bonds. The van der Waals surface area contributed by atoms with Gasteiger partial charge in [-0.3, -0.25) is 9.91 Å². The lowest BCUT2D eigenvalue weighted by Gasteiger charge is -2.33. The molecule has 0 aromatic heterocycles. The predicted octanol–water partition coefficient (Wildman–Crippen LogP) is 4.41. The number of halogens is 3. The van der Waals surface area contributed by atoms with Crippen molar-refractivity contribution < 1.29 is 5.11 Å². The third kappa shape index (κ3) is 5.21. The number of phenols is 1. The van der Waals surface area contributed by atoms with E-state index >= 15 is 0 Å². The minimum Gasteiger partial charge on any atom is -0.506 e. The van der Waals surface area contributed by atoms with Crippen molar-refractivity contribution >= 4 is 63.0 Å². The van der Waals surface area contributed by atoms with E-state index in [1.807, 2.05) is 30.3 Å². The van der Waals surface area contributed by atoms with Crippen LogP contribution in [0.25, 0.3) is 0 Å². The first-order chi connectivity index (χ1) is 12.0. The molecule has 1 aliphatic heterocycles. The molecule has 7 heteroatoms. The fraction of sp³-hybridized carbons (Fsp3) is 0.278. The van der Waals surface area contributed by atoms with Crippen molar-refractivity contribution in [3.05, 3.63) is 59.7 Å². The van der Waals surface area contributed by atoms with Gasteiger partial charge in [-0.05, 0) is 68.9 Å². The summed E-state index contributed by atoms with van der Waals surface area (Å²) in [5.41, 5.74) is 1.93. The lowest BCUT2D eigenvalue weighted by molar-refractivity contribution is 0.131. The number of hydrogen-bond donors (Lipinski definition) is 1. The number of phenolic OH excluding ortho intramolecular Hbond substituents is 1. The third-order valence-electron chi connectivity index (χ3n) is 4.12. The number of piperazine rings is 1. The van der Waals surface area contributed by atoms with Gasteiger partial charge < -0.3 is 5.11 Å². The van der Waals surface area contributed by atoms with E-state index in [9.17, 15) is 5.11 Å². The monoisotopic (exact) mass is 581 g/mol. The second-order valence-electron chi connectivity index (χ2n) is 5.89. The van der Waals surface area contributed by atoms with Crippen LogP contribution in [0.4, 0.5) is 0 Å². The summed E-state index contributed by atoms with van der Waals surface area (Å²) in [4.78, 5) is 2.39. The van der Waals surface area contributed by atoms with Crippen LogP contribution in [0.1, 0.15) is 11.1 Å². The van der Waals surface area contributed by atoms with Gasteiger partial charge in [-0.25, -0.2) is 0 Å². The van der Waals surface area contributed by atoms with E-state index < -0.39 is 0 Å². The second kappa shape index (κ2) is 8.88. The lowest BCUT2D eigenvalue weighted by atomic mass is 10.2. The number of benzene rings is 2. The van der Waals surface area contributed by atoms with Crippen molar-refractivity contribution in [2.45, 2.75) is 6.54 Å². The molecule has 2 aromatic carbocycles. The zero-order valence-electron chi connectivity index (χ0n) is 13.5. The first-order valence-electron chi connectivity index (χ1n) is 7.95. The lowest BCUT2D eigenvalue weighted by Crippen LogP contribution is -2.43. The Balaban J connectivity index is 1.57. The molecular formula is C18H18ClI2N3O. The Kier molecular flexibility index (Phi) is 6.81. The Bertz CT molecular complexity index is 777. The van der Waals surface area contributed by atoms with Crippen molar-refractivity contribution in [2.24, 2.45) is 5.10 Å². The molecule has 1 heterocycles. The highest BCUT2D eigenvalue weighted by Gasteiger charge is 2.16. The maximum atomic E-state index is 10.1. The molecule has 132 valence electrons. The van der Waals surface area contributed by atoms with Crippen molar-refractivity contribution in [3.8, 4) is 5.75 Å². The molecule has 0 saturated carbocycles. The van der Waals surface area contributed by atoms with Gasteiger partial charge in [-0.2, -0.15) is 5.10 Å². The fourth-order valence-electron chi connectivity index (χ4n) is 2.71. The van der Waals surface area contributed by atoms with E-state index in [1.54, 1.807) is 6.21 Å². The maximum Gasteiger partial charge on any atom is 0.137 e. The standard InChI is InChI=1S/C18H18ClI2N3O/c19-16-4-2-1-3-13(16)12-23-5-7-24(8-6-23)22-11-14-9-15(20)10-17(21)18(14)25/h1-4,9-11,25H,5-8,12H2/b22-11-. The summed E-state index contributed by atoms with van der Waals surface area (Å²) < 4.78 is 1.93. The minimum atomic E-state index is 0.294. The number of nitrogens with zero attached hydrogens (tertiary/aromatic N) is 3. The summed E-state index contributed by atoms with van der Waals surface area (Å²) in [6.45, 7) is 4.48. The largest absolute Gasteiger partial charge is 0.506 e. The highest BCUT2D eigenvalue weighted by molar-refractivity contribution is 14.1. The van der Waals surface area contributed by atoms with Gasteiger partial charge >= 0.3 is 0 Å². The van der Waals surface area contributed by atoms with Gasteiger partial charge in [0.15, 0.2) is 0 Å². The topological polar surface area (TPSA) is 39.1 Å². The molecule has 25 heavy (non-hydrogen) atoms. The van der Waals surface area contributed by atoms with Gasteiger partial charge in [0.2, 0.25) is 0 Å². The van der Waals surface area contributed by atoms with E-state index in [0.29, 0.717) is 5.75 Å². The number of aromatic hydroxyl groups is 1. The Hall–Kier alpha value is -0.580. The molecule has 1 aliphatic rings. The Labute approximate surface area is 180 Å². The van der Waals surface area contributed by atoms with Crippen molar-refractivity contribution in [3.63, 3.8) is 0 Å². The minimum absolute atomic E-state index is 0.294. The summed E-state index contributed by atoms with van der Waals surface area (Å²) in [6, 6.07) is 11.9. The van der Waals surface area contributed by atoms with E-state index in [-0.39, 0.29) is 0 Å². The van der Waals surface area contributed by atoms with Gasteiger partial charge in [0.25, 0.3) is 0 Å². The second-order valence-corrected chi connectivity index (χ2v) is 8.71. The van der Waals surface area contributed by atoms with Crippen LogP contribution in [-0.2, 0) is 6.54 Å². The van der Waals surface area contributed by atoms with Crippen LogP contribution < -0.4 is 0 Å². The van der Waals surface area contributed by atoms with E-state index in [4.69, 9.17) is 11.6 Å². The number of rotatable bonds is 4. The van der Waals surface area contributed by atoms with Gasteiger partial charge in [0.1, 0.15) is 5.75 Å². The molecule has 1 fully saturated rings. The normalized spacial score (nSPS) is 15.9. The average molecular weight is 582 g/mol. The molecule has 0 aliphatic carbocycles. The maximum absolute atomic E-state index is 10.1. The quantitative estimate of drug-likeness (QED) is 0.430. The van der Waals surface area contributed by atoms with Gasteiger partial charge in [0.05, 0.1) is 9.78 Å². The molecule has 0 atom stereocenters. The van der Waals surface area contributed by atoms with Crippen LogP contribution in [0.3, 0.4) is 0 Å². The molecule has 1 saturated heterocycles. The van der Waals surface area contributed by atoms with Gasteiger partial charge in [-0.1, -0.05) is 29.8 Å². The third-order valence-corrected chi connectivity index (χ3v) is 5.93. The Morgan fingerprint density at radius 3 is 2.56 bits per heavy atom. The van der Waals surface area contributed by atoms with E-state index in [2.05, 4.69) is 66.3 Å². The average Bonchev–Trinajstić information content (AvgIpc) is 2.60. The smallest absolute Gasteiger partial charge is 0.137 e. The number of hydrazone groups is 1. The molecule has 2 aromatic rings. The van der Waals surface area contributed by atoms with Crippen LogP contribution in [0.15, 0.2) is 41.5 Å². The summed E-state index contributed by atoms with van der Waals surface area (Å²) in [6.07, 6.45) is 1.75. The van der Waals surface area contributed by atoms with Crippen LogP contribution in [0.5, 0.6) is 5.75 Å². The first kappa shape index (κ1) is 19.2. The van der Waals surface area contributed by atoms with Crippen molar-refractivity contribution in [1.82, 2.24) is 9.91 Å². The Morgan fingerprint density at radius 1 is 1.12 bits per heavy atom. The van der Waals surface area contributed by atoms with Crippen molar-refractivity contribution in [2.75, 3.05) is 26.2 Å². The fourth-order valence-corrected chi connectivity index (χ4v) is 4.79. The predicted molar refractivity (Wildman–Crippen MR) is 119 cm³/mol. The van der Waals surface area contributed by atoms with Gasteiger partial charge in [-0.15, -0.1) is 0 Å². The molecular weight excluding hydrogens is 563 g/mol. The summed E-state index contributed by atoms with van der Waals surface area (Å²) >= 11 is 10.6. The Morgan fingerprint density at radius 2 is 1.84 bits per heavy atom. The van der Waals surface area contributed by atoms with Crippen LogP contribution >= 0.6 is 56.8 Å². The van der Waals surface area contributed by atoms with Crippen LogP contribution in [0, 0.1) is 7.14 Å². The first-order valence-corrected chi connectivity index (χ1v) is 10.5. The van der Waals surface area contributed by atoms with E-state index in [0.717, 1.165) is 50.5 Å². The molecule has 0 spiro atoms.